The summed E-state index contributed by atoms with van der Waals surface area (Å²) < 4.78 is 13.3. The molecule has 30 heavy (non-hydrogen) atoms. The first kappa shape index (κ1) is 24.2. The maximum absolute atomic E-state index is 13.3. The van der Waals surface area contributed by atoms with Crippen LogP contribution in [0.5, 0.6) is 0 Å². The molecule has 7 heteroatoms. The van der Waals surface area contributed by atoms with Gasteiger partial charge in [0.05, 0.1) is 16.5 Å². The van der Waals surface area contributed by atoms with E-state index in [4.69, 9.17) is 23.2 Å². The molecule has 0 spiro atoms. The van der Waals surface area contributed by atoms with Crippen molar-refractivity contribution in [3.05, 3.63) is 69.5 Å². The molecular formula is C23H27Cl2FN2O2. The molecule has 2 aromatic carbocycles. The van der Waals surface area contributed by atoms with Crippen LogP contribution in [0.1, 0.15) is 38.3 Å². The molecule has 0 heterocycles. The number of rotatable bonds is 9. The van der Waals surface area contributed by atoms with Crippen LogP contribution in [-0.4, -0.2) is 29.3 Å². The van der Waals surface area contributed by atoms with Gasteiger partial charge in [0.25, 0.3) is 0 Å². The highest BCUT2D eigenvalue weighted by atomic mass is 35.5. The van der Waals surface area contributed by atoms with Gasteiger partial charge in [-0.15, -0.1) is 0 Å². The zero-order valence-electron chi connectivity index (χ0n) is 17.4. The van der Waals surface area contributed by atoms with Gasteiger partial charge >= 0.3 is 0 Å². The second-order valence-electron chi connectivity index (χ2n) is 7.64. The van der Waals surface area contributed by atoms with Crippen LogP contribution in [0.3, 0.4) is 0 Å². The summed E-state index contributed by atoms with van der Waals surface area (Å²) in [5.74, 6) is -0.474. The Balaban J connectivity index is 2.27. The summed E-state index contributed by atoms with van der Waals surface area (Å²) in [6.45, 7) is 6.61. The number of halogens is 3. The van der Waals surface area contributed by atoms with E-state index in [2.05, 4.69) is 5.32 Å². The Labute approximate surface area is 187 Å². The summed E-state index contributed by atoms with van der Waals surface area (Å²) in [6.07, 6.45) is 0.532. The fourth-order valence-electron chi connectivity index (χ4n) is 3.05. The lowest BCUT2D eigenvalue weighted by Crippen LogP contribution is -2.50. The van der Waals surface area contributed by atoms with Crippen LogP contribution < -0.4 is 5.32 Å². The maximum Gasteiger partial charge on any atom is 0.242 e. The molecule has 0 aliphatic heterocycles. The maximum atomic E-state index is 13.3. The molecule has 1 N–H and O–H groups in total. The van der Waals surface area contributed by atoms with Gasteiger partial charge in [0.15, 0.2) is 0 Å². The molecule has 1 atom stereocenters. The van der Waals surface area contributed by atoms with Crippen LogP contribution >= 0.6 is 23.2 Å². The van der Waals surface area contributed by atoms with E-state index in [9.17, 15) is 14.0 Å². The summed E-state index contributed by atoms with van der Waals surface area (Å²) in [5, 5.41) is 3.69. The molecule has 0 aliphatic rings. The molecule has 0 saturated carbocycles. The second-order valence-corrected chi connectivity index (χ2v) is 8.45. The molecular weight excluding hydrogens is 426 g/mol. The van der Waals surface area contributed by atoms with Gasteiger partial charge in [-0.25, -0.2) is 4.39 Å². The highest BCUT2D eigenvalue weighted by Gasteiger charge is 2.28. The molecule has 4 nitrogen and oxygen atoms in total. The zero-order chi connectivity index (χ0) is 22.3. The number of carbonyl (C=O) groups excluding carboxylic acids is 2. The van der Waals surface area contributed by atoms with Gasteiger partial charge in [0.2, 0.25) is 11.8 Å². The molecule has 0 fully saturated rings. The highest BCUT2D eigenvalue weighted by Crippen LogP contribution is 2.23. The quantitative estimate of drug-likeness (QED) is 0.564. The number of nitrogens with zero attached hydrogens (tertiary/aromatic N) is 1. The van der Waals surface area contributed by atoms with Crippen LogP contribution in [0.4, 0.5) is 4.39 Å². The third-order valence-corrected chi connectivity index (χ3v) is 5.42. The average molecular weight is 453 g/mol. The number of hydrogen-bond donors (Lipinski definition) is 1. The van der Waals surface area contributed by atoms with Gasteiger partial charge in [0.1, 0.15) is 11.9 Å². The molecule has 1 unspecified atom stereocenters. The Morgan fingerprint density at radius 3 is 2.23 bits per heavy atom. The summed E-state index contributed by atoms with van der Waals surface area (Å²) in [5.41, 5.74) is 1.45. The van der Waals surface area contributed by atoms with Crippen molar-refractivity contribution >= 4 is 35.0 Å². The van der Waals surface area contributed by atoms with E-state index in [0.29, 0.717) is 34.5 Å². The molecule has 0 aromatic heterocycles. The first-order valence-electron chi connectivity index (χ1n) is 9.96. The number of hydrogen-bond acceptors (Lipinski definition) is 2. The topological polar surface area (TPSA) is 49.4 Å². The largest absolute Gasteiger partial charge is 0.354 e. The molecule has 162 valence electrons. The van der Waals surface area contributed by atoms with E-state index in [-0.39, 0.29) is 30.6 Å². The van der Waals surface area contributed by atoms with Crippen LogP contribution in [-0.2, 0) is 22.6 Å². The predicted molar refractivity (Wildman–Crippen MR) is 119 cm³/mol. The molecule has 0 radical (unpaired) electrons. The van der Waals surface area contributed by atoms with E-state index in [1.165, 1.54) is 12.1 Å². The van der Waals surface area contributed by atoms with E-state index in [1.54, 1.807) is 35.2 Å². The van der Waals surface area contributed by atoms with Crippen molar-refractivity contribution < 1.29 is 14.0 Å². The monoisotopic (exact) mass is 452 g/mol. The van der Waals surface area contributed by atoms with E-state index in [1.807, 2.05) is 20.8 Å². The summed E-state index contributed by atoms with van der Waals surface area (Å²) in [6, 6.07) is 10.3. The molecule has 2 amide bonds. The smallest absolute Gasteiger partial charge is 0.242 e. The molecule has 0 bridgehead atoms. The zero-order valence-corrected chi connectivity index (χ0v) is 18.9. The fraction of sp³-hybridized carbons (Fsp3) is 0.391. The Kier molecular flexibility index (Phi) is 9.12. The number of nitrogens with one attached hydrogen (secondary N) is 1. The van der Waals surface area contributed by atoms with Crippen molar-refractivity contribution in [3.8, 4) is 0 Å². The minimum absolute atomic E-state index is 0.0754. The third kappa shape index (κ3) is 6.99. The van der Waals surface area contributed by atoms with Crippen LogP contribution in [0.25, 0.3) is 0 Å². The number of benzene rings is 2. The molecule has 2 rings (SSSR count). The lowest BCUT2D eigenvalue weighted by molar-refractivity contribution is -0.141. The predicted octanol–water partition coefficient (Wildman–Crippen LogP) is 5.25. The second kappa shape index (κ2) is 11.3. The Morgan fingerprint density at radius 1 is 1.03 bits per heavy atom. The van der Waals surface area contributed by atoms with Gasteiger partial charge < -0.3 is 10.2 Å². The van der Waals surface area contributed by atoms with Crippen molar-refractivity contribution in [1.82, 2.24) is 10.2 Å². The van der Waals surface area contributed by atoms with Crippen molar-refractivity contribution in [2.75, 3.05) is 6.54 Å². The molecule has 0 aliphatic carbocycles. The minimum Gasteiger partial charge on any atom is -0.354 e. The van der Waals surface area contributed by atoms with Crippen molar-refractivity contribution in [2.45, 2.75) is 46.2 Å². The minimum atomic E-state index is -0.635. The van der Waals surface area contributed by atoms with Crippen molar-refractivity contribution in [3.63, 3.8) is 0 Å². The number of carbonyl (C=O) groups is 2. The summed E-state index contributed by atoms with van der Waals surface area (Å²) >= 11 is 12.0. The highest BCUT2D eigenvalue weighted by molar-refractivity contribution is 6.42. The van der Waals surface area contributed by atoms with E-state index < -0.39 is 6.04 Å². The van der Waals surface area contributed by atoms with Gasteiger partial charge in [-0.05, 0) is 47.7 Å². The van der Waals surface area contributed by atoms with E-state index >= 15 is 0 Å². The van der Waals surface area contributed by atoms with Crippen LogP contribution in [0.2, 0.25) is 10.0 Å². The lowest BCUT2D eigenvalue weighted by atomic mass is 10.1. The van der Waals surface area contributed by atoms with Gasteiger partial charge in [0, 0.05) is 13.1 Å². The normalized spacial score (nSPS) is 12.0. The SMILES string of the molecule is CCC(C(=O)NCC(C)C)N(Cc1ccc(F)cc1)C(=O)Cc1ccc(Cl)c(Cl)c1. The van der Waals surface area contributed by atoms with Gasteiger partial charge in [-0.2, -0.15) is 0 Å². The fourth-order valence-corrected chi connectivity index (χ4v) is 3.37. The van der Waals surface area contributed by atoms with Crippen LogP contribution in [0.15, 0.2) is 42.5 Å². The number of amides is 2. The Hall–Kier alpha value is -2.11. The van der Waals surface area contributed by atoms with E-state index in [0.717, 1.165) is 5.56 Å². The molecule has 0 saturated heterocycles. The summed E-state index contributed by atoms with van der Waals surface area (Å²) in [7, 11) is 0. The summed E-state index contributed by atoms with van der Waals surface area (Å²) in [4.78, 5) is 27.6. The Bertz CT molecular complexity index is 872. The van der Waals surface area contributed by atoms with Gasteiger partial charge in [-0.1, -0.05) is 62.2 Å². The van der Waals surface area contributed by atoms with Gasteiger partial charge in [-0.3, -0.25) is 9.59 Å². The third-order valence-electron chi connectivity index (χ3n) is 4.68. The standard InChI is InChI=1S/C23H27Cl2FN2O2/c1-4-21(23(30)27-13-15(2)3)28(14-16-5-8-18(26)9-6-16)22(29)12-17-7-10-19(24)20(25)11-17/h5-11,15,21H,4,12-14H2,1-3H3,(H,27,30). The molecule has 2 aromatic rings. The first-order chi connectivity index (χ1) is 14.2. The van der Waals surface area contributed by atoms with Crippen molar-refractivity contribution in [1.29, 1.82) is 0 Å². The van der Waals surface area contributed by atoms with Crippen molar-refractivity contribution in [2.24, 2.45) is 5.92 Å². The first-order valence-corrected chi connectivity index (χ1v) is 10.7. The lowest BCUT2D eigenvalue weighted by Gasteiger charge is -2.31. The average Bonchev–Trinajstić information content (AvgIpc) is 2.70. The Morgan fingerprint density at radius 2 is 1.67 bits per heavy atom. The van der Waals surface area contributed by atoms with Crippen LogP contribution in [0, 0.1) is 11.7 Å².